The fourth-order valence-electron chi connectivity index (χ4n) is 3.04. The summed E-state index contributed by atoms with van der Waals surface area (Å²) in [4.78, 5) is 28.7. The van der Waals surface area contributed by atoms with Gasteiger partial charge >= 0.3 is 5.97 Å². The summed E-state index contributed by atoms with van der Waals surface area (Å²) >= 11 is 0. The summed E-state index contributed by atoms with van der Waals surface area (Å²) in [5.41, 5.74) is 1.55. The number of nitrogens with zero attached hydrogens (tertiary/aromatic N) is 2. The van der Waals surface area contributed by atoms with Crippen molar-refractivity contribution in [3.05, 3.63) is 51.4 Å². The zero-order chi connectivity index (χ0) is 19.6. The molecule has 1 saturated heterocycles. The Morgan fingerprint density at radius 2 is 2.22 bits per heavy atom. The Labute approximate surface area is 156 Å². The van der Waals surface area contributed by atoms with Crippen LogP contribution in [0.3, 0.4) is 0 Å². The zero-order valence-corrected chi connectivity index (χ0v) is 16.0. The number of nitrogens with one attached hydrogen (secondary N) is 1. The number of hydrogen-bond donors (Lipinski definition) is 1. The first-order valence-electron chi connectivity index (χ1n) is 8.63. The zero-order valence-electron chi connectivity index (χ0n) is 15.1. The van der Waals surface area contributed by atoms with Crippen LogP contribution in [0.1, 0.15) is 41.0 Å². The van der Waals surface area contributed by atoms with Gasteiger partial charge in [-0.3, -0.25) is 14.9 Å². The molecule has 27 heavy (non-hydrogen) atoms. The van der Waals surface area contributed by atoms with Gasteiger partial charge < -0.3 is 4.74 Å². The number of hydrogen-bond acceptors (Lipinski definition) is 6. The lowest BCUT2D eigenvalue weighted by molar-refractivity contribution is 0.0526. The molecule has 0 radical (unpaired) electrons. The lowest BCUT2D eigenvalue weighted by atomic mass is 10.2. The first-order valence-corrected chi connectivity index (χ1v) is 10.5. The minimum Gasteiger partial charge on any atom is -0.462 e. The van der Waals surface area contributed by atoms with Crippen LogP contribution in [-0.2, 0) is 14.6 Å². The standard InChI is InChI=1S/C18H21N3O5S/c1-3-26-18(23)13-5-4-6-14(9-13)19-10-16-12(2)20-21(17(16)22)15-7-8-27(24,25)11-15/h4-6,9-10,15,20H,3,7-8,11H2,1-2H3/t15-/m1/s1. The molecule has 0 spiro atoms. The van der Waals surface area contributed by atoms with E-state index in [4.69, 9.17) is 4.74 Å². The van der Waals surface area contributed by atoms with Crippen LogP contribution in [0.5, 0.6) is 0 Å². The summed E-state index contributed by atoms with van der Waals surface area (Å²) < 4.78 is 29.7. The summed E-state index contributed by atoms with van der Waals surface area (Å²) in [5, 5.41) is 2.95. The van der Waals surface area contributed by atoms with Crippen LogP contribution in [-0.4, -0.2) is 48.5 Å². The summed E-state index contributed by atoms with van der Waals surface area (Å²) in [6.45, 7) is 3.75. The quantitative estimate of drug-likeness (QED) is 0.617. The fourth-order valence-corrected chi connectivity index (χ4v) is 4.74. The molecule has 2 heterocycles. The number of aliphatic imine (C=N–C) groups is 1. The first kappa shape index (κ1) is 19.1. The summed E-state index contributed by atoms with van der Waals surface area (Å²) in [6.07, 6.45) is 1.85. The van der Waals surface area contributed by atoms with Gasteiger partial charge in [-0.2, -0.15) is 0 Å². The first-order chi connectivity index (χ1) is 12.8. The Morgan fingerprint density at radius 3 is 2.89 bits per heavy atom. The smallest absolute Gasteiger partial charge is 0.338 e. The normalized spacial score (nSPS) is 18.8. The number of aromatic amines is 1. The number of rotatable bonds is 5. The SMILES string of the molecule is CCOC(=O)c1cccc(N=Cc2c(C)[nH]n([C@@H]3CCS(=O)(=O)C3)c2=O)c1. The molecule has 9 heteroatoms. The van der Waals surface area contributed by atoms with E-state index >= 15 is 0 Å². The summed E-state index contributed by atoms with van der Waals surface area (Å²) in [5.74, 6) is -0.380. The van der Waals surface area contributed by atoms with Gasteiger partial charge in [0.15, 0.2) is 9.84 Å². The van der Waals surface area contributed by atoms with Crippen molar-refractivity contribution >= 4 is 27.7 Å². The lowest BCUT2D eigenvalue weighted by Gasteiger charge is -2.07. The van der Waals surface area contributed by atoms with Crippen LogP contribution < -0.4 is 5.56 Å². The van der Waals surface area contributed by atoms with Crippen molar-refractivity contribution in [3.8, 4) is 0 Å². The third-order valence-electron chi connectivity index (χ3n) is 4.41. The van der Waals surface area contributed by atoms with Gasteiger partial charge in [-0.05, 0) is 38.5 Å². The number of benzene rings is 1. The highest BCUT2D eigenvalue weighted by Crippen LogP contribution is 2.22. The van der Waals surface area contributed by atoms with Crippen molar-refractivity contribution < 1.29 is 17.9 Å². The average Bonchev–Trinajstić information content (AvgIpc) is 3.12. The molecular formula is C18H21N3O5S. The molecule has 1 aliphatic heterocycles. The largest absolute Gasteiger partial charge is 0.462 e. The highest BCUT2D eigenvalue weighted by molar-refractivity contribution is 7.91. The maximum atomic E-state index is 12.6. The molecule has 3 rings (SSSR count). The maximum absolute atomic E-state index is 12.6. The average molecular weight is 391 g/mol. The molecule has 1 atom stereocenters. The lowest BCUT2D eigenvalue weighted by Crippen LogP contribution is -2.25. The third kappa shape index (κ3) is 4.19. The minimum atomic E-state index is -3.09. The van der Waals surface area contributed by atoms with Gasteiger partial charge in [0.05, 0.1) is 41.0 Å². The maximum Gasteiger partial charge on any atom is 0.338 e. The van der Waals surface area contributed by atoms with Crippen LogP contribution in [0.4, 0.5) is 5.69 Å². The van der Waals surface area contributed by atoms with Crippen LogP contribution in [0.2, 0.25) is 0 Å². The van der Waals surface area contributed by atoms with Crippen molar-refractivity contribution in [3.63, 3.8) is 0 Å². The molecule has 0 saturated carbocycles. The molecule has 0 aliphatic carbocycles. The molecule has 8 nitrogen and oxygen atoms in total. The van der Waals surface area contributed by atoms with Crippen molar-refractivity contribution in [1.29, 1.82) is 0 Å². The predicted octanol–water partition coefficient (Wildman–Crippen LogP) is 1.77. The highest BCUT2D eigenvalue weighted by atomic mass is 32.2. The van der Waals surface area contributed by atoms with Crippen molar-refractivity contribution in [2.24, 2.45) is 4.99 Å². The number of ether oxygens (including phenoxy) is 1. The van der Waals surface area contributed by atoms with E-state index in [0.717, 1.165) is 0 Å². The van der Waals surface area contributed by atoms with Crippen LogP contribution in [0.15, 0.2) is 34.1 Å². The third-order valence-corrected chi connectivity index (χ3v) is 6.17. The number of aromatic nitrogens is 2. The van der Waals surface area contributed by atoms with E-state index in [0.29, 0.717) is 28.9 Å². The molecule has 2 aromatic rings. The van der Waals surface area contributed by atoms with Gasteiger partial charge in [-0.15, -0.1) is 0 Å². The van der Waals surface area contributed by atoms with Crippen molar-refractivity contribution in [2.75, 3.05) is 18.1 Å². The number of sulfone groups is 1. The number of H-pyrrole nitrogens is 1. The van der Waals surface area contributed by atoms with Crippen molar-refractivity contribution in [2.45, 2.75) is 26.3 Å². The molecule has 1 aromatic carbocycles. The minimum absolute atomic E-state index is 0.0367. The number of carbonyl (C=O) groups excluding carboxylic acids is 1. The van der Waals surface area contributed by atoms with Gasteiger partial charge in [0.25, 0.3) is 5.56 Å². The number of carbonyl (C=O) groups is 1. The van der Waals surface area contributed by atoms with Crippen LogP contribution in [0, 0.1) is 6.92 Å². The van der Waals surface area contributed by atoms with E-state index < -0.39 is 15.8 Å². The molecule has 144 valence electrons. The van der Waals surface area contributed by atoms with E-state index in [2.05, 4.69) is 10.1 Å². The predicted molar refractivity (Wildman–Crippen MR) is 102 cm³/mol. The van der Waals surface area contributed by atoms with Crippen LogP contribution in [0.25, 0.3) is 0 Å². The second-order valence-electron chi connectivity index (χ2n) is 6.41. The van der Waals surface area contributed by atoms with E-state index in [9.17, 15) is 18.0 Å². The number of esters is 1. The Morgan fingerprint density at radius 1 is 1.44 bits per heavy atom. The fraction of sp³-hybridized carbons (Fsp3) is 0.389. The van der Waals surface area contributed by atoms with E-state index in [1.807, 2.05) is 0 Å². The topological polar surface area (TPSA) is 111 Å². The number of aryl methyl sites for hydroxylation is 1. The summed E-state index contributed by atoms with van der Waals surface area (Å²) in [6, 6.07) is 6.23. The van der Waals surface area contributed by atoms with E-state index in [1.165, 1.54) is 10.9 Å². The second-order valence-corrected chi connectivity index (χ2v) is 8.64. The molecule has 1 fully saturated rings. The van der Waals surface area contributed by atoms with E-state index in [1.54, 1.807) is 38.1 Å². The molecule has 0 amide bonds. The highest BCUT2D eigenvalue weighted by Gasteiger charge is 2.31. The molecule has 0 unspecified atom stereocenters. The van der Waals surface area contributed by atoms with Crippen molar-refractivity contribution in [1.82, 2.24) is 9.78 Å². The van der Waals surface area contributed by atoms with Gasteiger partial charge in [-0.1, -0.05) is 6.07 Å². The van der Waals surface area contributed by atoms with Gasteiger partial charge in [0.2, 0.25) is 0 Å². The molecule has 1 aromatic heterocycles. The Hall–Kier alpha value is -2.68. The Balaban J connectivity index is 1.85. The van der Waals surface area contributed by atoms with Crippen LogP contribution >= 0.6 is 0 Å². The summed E-state index contributed by atoms with van der Waals surface area (Å²) in [7, 11) is -3.09. The van der Waals surface area contributed by atoms with E-state index in [-0.39, 0.29) is 29.7 Å². The second kappa shape index (κ2) is 7.51. The molecule has 0 bridgehead atoms. The molecular weight excluding hydrogens is 370 g/mol. The van der Waals surface area contributed by atoms with Gasteiger partial charge in [0, 0.05) is 11.9 Å². The molecule has 1 N–H and O–H groups in total. The Bertz CT molecular complexity index is 1050. The molecule has 1 aliphatic rings. The monoisotopic (exact) mass is 391 g/mol. The van der Waals surface area contributed by atoms with Gasteiger partial charge in [0.1, 0.15) is 0 Å². The van der Waals surface area contributed by atoms with Gasteiger partial charge in [-0.25, -0.2) is 17.9 Å². The Kier molecular flexibility index (Phi) is 5.31.